The highest BCUT2D eigenvalue weighted by molar-refractivity contribution is 7.71. The van der Waals surface area contributed by atoms with Crippen LogP contribution in [0.15, 0.2) is 0 Å². The zero-order valence-electron chi connectivity index (χ0n) is 15.3. The van der Waals surface area contributed by atoms with Crippen molar-refractivity contribution in [3.63, 3.8) is 0 Å². The topological polar surface area (TPSA) is 29.2 Å². The minimum Gasteiger partial charge on any atom is -0.341 e. The number of nitrogens with zero attached hydrogens (tertiary/aromatic N) is 5. The Hall–Kier alpha value is -0.880. The molecule has 5 rings (SSSR count). The average Bonchev–Trinajstić information content (AvgIpc) is 3.57. The number of hydrogen-bond donors (Lipinski definition) is 0. The molecule has 4 aliphatic rings. The Kier molecular flexibility index (Phi) is 4.36. The molecule has 0 atom stereocenters. The van der Waals surface area contributed by atoms with Gasteiger partial charge in [-0.2, -0.15) is 0 Å². The summed E-state index contributed by atoms with van der Waals surface area (Å²) in [7, 11) is 0. The third kappa shape index (κ3) is 3.27. The molecule has 3 saturated carbocycles. The zero-order valence-corrected chi connectivity index (χ0v) is 16.1. The third-order valence-electron chi connectivity index (χ3n) is 6.51. The van der Waals surface area contributed by atoms with E-state index in [1.54, 1.807) is 0 Å². The molecule has 25 heavy (non-hydrogen) atoms. The van der Waals surface area contributed by atoms with Gasteiger partial charge < -0.3 is 4.90 Å². The molecule has 4 fully saturated rings. The van der Waals surface area contributed by atoms with Crippen molar-refractivity contribution < 1.29 is 0 Å². The Balaban J connectivity index is 1.43. The van der Waals surface area contributed by atoms with Crippen LogP contribution in [-0.4, -0.2) is 44.4 Å². The van der Waals surface area contributed by atoms with Crippen molar-refractivity contribution in [3.8, 4) is 0 Å². The molecule has 0 amide bonds. The van der Waals surface area contributed by atoms with Gasteiger partial charge in [0.05, 0.1) is 6.67 Å². The van der Waals surface area contributed by atoms with Crippen LogP contribution in [0.2, 0.25) is 0 Å². The molecular weight excluding hydrogens is 330 g/mol. The molecule has 0 N–H and O–H groups in total. The quantitative estimate of drug-likeness (QED) is 0.713. The Labute approximate surface area is 156 Å². The van der Waals surface area contributed by atoms with E-state index in [0.717, 1.165) is 42.6 Å². The van der Waals surface area contributed by atoms with E-state index < -0.39 is 0 Å². The van der Waals surface area contributed by atoms with E-state index in [-0.39, 0.29) is 0 Å². The van der Waals surface area contributed by atoms with Crippen molar-refractivity contribution in [2.24, 2.45) is 0 Å². The largest absolute Gasteiger partial charge is 0.341 e. The van der Waals surface area contributed by atoms with Crippen LogP contribution in [0.4, 0.5) is 5.95 Å². The second-order valence-corrected chi connectivity index (χ2v) is 8.92. The van der Waals surface area contributed by atoms with Crippen LogP contribution in [0.3, 0.4) is 0 Å². The molecule has 0 bridgehead atoms. The highest BCUT2D eigenvalue weighted by Crippen LogP contribution is 2.39. The van der Waals surface area contributed by atoms with E-state index in [0.29, 0.717) is 6.04 Å². The fourth-order valence-corrected chi connectivity index (χ4v) is 5.12. The molecule has 3 aliphatic carbocycles. The van der Waals surface area contributed by atoms with E-state index in [4.69, 9.17) is 17.3 Å². The molecule has 1 aromatic rings. The van der Waals surface area contributed by atoms with Gasteiger partial charge in [-0.05, 0) is 70.0 Å². The molecule has 1 aliphatic heterocycles. The van der Waals surface area contributed by atoms with Crippen LogP contribution >= 0.6 is 12.2 Å². The standard InChI is InChI=1S/C19H31N5S/c25-19-23(14-22(16-8-9-16)15-6-2-3-7-15)20-18(24(19)17-10-11-17)21-12-4-1-5-13-21/h15-17H,1-14H2. The van der Waals surface area contributed by atoms with Gasteiger partial charge in [0.25, 0.3) is 0 Å². The second kappa shape index (κ2) is 6.69. The zero-order chi connectivity index (χ0) is 16.8. The van der Waals surface area contributed by atoms with Crippen LogP contribution in [0.25, 0.3) is 0 Å². The summed E-state index contributed by atoms with van der Waals surface area (Å²) < 4.78 is 5.51. The fraction of sp³-hybridized carbons (Fsp3) is 0.895. The molecule has 5 nitrogen and oxygen atoms in total. The van der Waals surface area contributed by atoms with Crippen molar-refractivity contribution in [3.05, 3.63) is 4.77 Å². The lowest BCUT2D eigenvalue weighted by molar-refractivity contribution is 0.134. The minimum absolute atomic E-state index is 0.610. The Bertz CT molecular complexity index is 660. The van der Waals surface area contributed by atoms with Gasteiger partial charge in [-0.1, -0.05) is 12.8 Å². The lowest BCUT2D eigenvalue weighted by Gasteiger charge is -2.28. The maximum Gasteiger partial charge on any atom is 0.226 e. The Morgan fingerprint density at radius 2 is 1.56 bits per heavy atom. The summed E-state index contributed by atoms with van der Waals surface area (Å²) in [4.78, 5) is 5.22. The first-order valence-electron chi connectivity index (χ1n) is 10.5. The van der Waals surface area contributed by atoms with Gasteiger partial charge in [0.2, 0.25) is 10.7 Å². The first-order valence-corrected chi connectivity index (χ1v) is 10.9. The van der Waals surface area contributed by atoms with E-state index >= 15 is 0 Å². The number of rotatable bonds is 6. The molecular formula is C19H31N5S. The summed E-state index contributed by atoms with van der Waals surface area (Å²) in [5, 5.41) is 5.08. The minimum atomic E-state index is 0.610. The van der Waals surface area contributed by atoms with Crippen molar-refractivity contribution >= 4 is 18.2 Å². The number of aromatic nitrogens is 3. The SMILES string of the molecule is S=c1n(CN(C2CCCC2)C2CC2)nc(N2CCCCC2)n1C1CC1. The van der Waals surface area contributed by atoms with Crippen molar-refractivity contribution in [1.82, 2.24) is 19.2 Å². The first-order chi connectivity index (χ1) is 12.3. The molecule has 0 aromatic carbocycles. The van der Waals surface area contributed by atoms with Crippen LogP contribution in [0.1, 0.15) is 76.7 Å². The molecule has 1 aromatic heterocycles. The van der Waals surface area contributed by atoms with Gasteiger partial charge in [-0.3, -0.25) is 9.47 Å². The average molecular weight is 362 g/mol. The van der Waals surface area contributed by atoms with Gasteiger partial charge in [-0.15, -0.1) is 5.10 Å². The number of piperidine rings is 1. The number of anilines is 1. The van der Waals surface area contributed by atoms with Crippen LogP contribution < -0.4 is 4.90 Å². The predicted octanol–water partition coefficient (Wildman–Crippen LogP) is 4.10. The lowest BCUT2D eigenvalue weighted by atomic mass is 10.1. The Morgan fingerprint density at radius 3 is 2.20 bits per heavy atom. The van der Waals surface area contributed by atoms with Crippen molar-refractivity contribution in [2.75, 3.05) is 18.0 Å². The molecule has 0 unspecified atom stereocenters. The van der Waals surface area contributed by atoms with E-state index in [1.165, 1.54) is 70.6 Å². The highest BCUT2D eigenvalue weighted by Gasteiger charge is 2.37. The lowest BCUT2D eigenvalue weighted by Crippen LogP contribution is -2.37. The van der Waals surface area contributed by atoms with Crippen molar-refractivity contribution in [1.29, 1.82) is 0 Å². The molecule has 0 radical (unpaired) electrons. The monoisotopic (exact) mass is 361 g/mol. The summed E-state index contributed by atoms with van der Waals surface area (Å²) in [6, 6.07) is 2.16. The normalized spacial score (nSPS) is 25.2. The molecule has 138 valence electrons. The van der Waals surface area contributed by atoms with E-state index in [9.17, 15) is 0 Å². The Morgan fingerprint density at radius 1 is 0.880 bits per heavy atom. The maximum atomic E-state index is 5.91. The molecule has 0 spiro atoms. The molecule has 2 heterocycles. The molecule has 6 heteroatoms. The van der Waals surface area contributed by atoms with Crippen LogP contribution in [0, 0.1) is 4.77 Å². The third-order valence-corrected chi connectivity index (χ3v) is 6.92. The van der Waals surface area contributed by atoms with Gasteiger partial charge in [0, 0.05) is 31.2 Å². The molecule has 1 saturated heterocycles. The predicted molar refractivity (Wildman–Crippen MR) is 103 cm³/mol. The summed E-state index contributed by atoms with van der Waals surface area (Å²) in [6.07, 6.45) is 14.8. The summed E-state index contributed by atoms with van der Waals surface area (Å²) >= 11 is 5.91. The maximum absolute atomic E-state index is 5.91. The summed E-state index contributed by atoms with van der Waals surface area (Å²) in [5.74, 6) is 1.16. The van der Waals surface area contributed by atoms with Crippen LogP contribution in [0.5, 0.6) is 0 Å². The number of hydrogen-bond acceptors (Lipinski definition) is 4. The van der Waals surface area contributed by atoms with Crippen LogP contribution in [-0.2, 0) is 6.67 Å². The summed E-state index contributed by atoms with van der Waals surface area (Å²) in [5.41, 5.74) is 0. The van der Waals surface area contributed by atoms with Gasteiger partial charge in [-0.25, -0.2) is 4.68 Å². The first kappa shape index (κ1) is 16.3. The second-order valence-electron chi connectivity index (χ2n) is 8.56. The van der Waals surface area contributed by atoms with E-state index in [2.05, 4.69) is 19.0 Å². The fourth-order valence-electron chi connectivity index (χ4n) is 4.79. The van der Waals surface area contributed by atoms with Gasteiger partial charge in [0.15, 0.2) is 0 Å². The van der Waals surface area contributed by atoms with Gasteiger partial charge in [0.1, 0.15) is 0 Å². The highest BCUT2D eigenvalue weighted by atomic mass is 32.1. The van der Waals surface area contributed by atoms with E-state index in [1.807, 2.05) is 0 Å². The van der Waals surface area contributed by atoms with Gasteiger partial charge >= 0.3 is 0 Å². The smallest absolute Gasteiger partial charge is 0.226 e. The van der Waals surface area contributed by atoms with Crippen molar-refractivity contribution in [2.45, 2.75) is 95.4 Å². The summed E-state index contributed by atoms with van der Waals surface area (Å²) in [6.45, 7) is 3.20.